The number of Topliss-reactive ketones (excluding diaryl/α,β-unsaturated/α-hetero) is 2. The van der Waals surface area contributed by atoms with Crippen molar-refractivity contribution in [2.75, 3.05) is 81.5 Å². The number of rotatable bonds is 34. The summed E-state index contributed by atoms with van der Waals surface area (Å²) in [7, 11) is 8.67. The number of hydrogen-bond acceptors (Lipinski definition) is 12. The SMILES string of the molecule is C#CCOC(=O)CCCOCCOCCNC(=O)[C@@H](CC(=O)[C@H](C)[C@@H](OC)[C@@H]1CCCN1C(=O)CC(OC)[C@H](C(C)CC)N(C)C(=O)[C@@H](CC(=O)[C@H](C(C)C)N(C)C)C(C)C)Cc1ccccc1. The third-order valence-corrected chi connectivity index (χ3v) is 13.5. The monoisotopic (exact) mass is 955 g/mol. The van der Waals surface area contributed by atoms with E-state index in [-0.39, 0.29) is 111 Å². The second-order valence-corrected chi connectivity index (χ2v) is 19.3. The summed E-state index contributed by atoms with van der Waals surface area (Å²) in [6.07, 6.45) is 7.14. The molecule has 15 heteroatoms. The Balaban J connectivity index is 2.15. The summed E-state index contributed by atoms with van der Waals surface area (Å²) in [6.45, 7) is 15.8. The molecule has 384 valence electrons. The lowest BCUT2D eigenvalue weighted by Crippen LogP contribution is -2.54. The highest BCUT2D eigenvalue weighted by Crippen LogP contribution is 2.32. The topological polar surface area (TPSA) is 170 Å². The summed E-state index contributed by atoms with van der Waals surface area (Å²) >= 11 is 0. The lowest BCUT2D eigenvalue weighted by atomic mass is 9.83. The van der Waals surface area contributed by atoms with Crippen LogP contribution >= 0.6 is 0 Å². The van der Waals surface area contributed by atoms with E-state index in [1.807, 2.05) is 83.9 Å². The number of carbonyl (C=O) groups excluding carboxylic acids is 6. The number of esters is 1. The Bertz CT molecular complexity index is 1730. The van der Waals surface area contributed by atoms with Crippen LogP contribution < -0.4 is 5.32 Å². The highest BCUT2D eigenvalue weighted by Gasteiger charge is 2.43. The first kappa shape index (κ1) is 59.9. The minimum atomic E-state index is -0.653. The Morgan fingerprint density at radius 2 is 1.51 bits per heavy atom. The fraction of sp³-hybridized carbons (Fsp3) is 0.736. The van der Waals surface area contributed by atoms with Gasteiger partial charge in [-0.15, -0.1) is 6.42 Å². The number of amides is 3. The zero-order valence-corrected chi connectivity index (χ0v) is 43.5. The van der Waals surface area contributed by atoms with Gasteiger partial charge in [-0.05, 0) is 63.1 Å². The molecule has 15 nitrogen and oxygen atoms in total. The average molecular weight is 955 g/mol. The first-order valence-electron chi connectivity index (χ1n) is 24.7. The molecular weight excluding hydrogens is 869 g/mol. The highest BCUT2D eigenvalue weighted by atomic mass is 16.5. The van der Waals surface area contributed by atoms with Crippen molar-refractivity contribution >= 4 is 35.3 Å². The third kappa shape index (κ3) is 19.3. The van der Waals surface area contributed by atoms with Crippen LogP contribution in [0.2, 0.25) is 0 Å². The second kappa shape index (κ2) is 31.8. The van der Waals surface area contributed by atoms with Gasteiger partial charge < -0.3 is 38.8 Å². The van der Waals surface area contributed by atoms with E-state index >= 15 is 0 Å². The smallest absolute Gasteiger partial charge is 0.306 e. The van der Waals surface area contributed by atoms with Gasteiger partial charge in [-0.3, -0.25) is 33.7 Å². The average Bonchev–Trinajstić information content (AvgIpc) is 3.79. The van der Waals surface area contributed by atoms with E-state index < -0.39 is 36.0 Å². The van der Waals surface area contributed by atoms with Gasteiger partial charge in [0.15, 0.2) is 12.4 Å². The number of nitrogens with zero attached hydrogens (tertiary/aromatic N) is 3. The molecule has 0 saturated carbocycles. The van der Waals surface area contributed by atoms with Crippen molar-refractivity contribution in [1.29, 1.82) is 0 Å². The van der Waals surface area contributed by atoms with Crippen molar-refractivity contribution in [3.8, 4) is 12.3 Å². The first-order valence-corrected chi connectivity index (χ1v) is 24.7. The maximum absolute atomic E-state index is 14.4. The molecule has 0 spiro atoms. The van der Waals surface area contributed by atoms with Crippen LogP contribution in [0.25, 0.3) is 0 Å². The molecule has 0 aromatic heterocycles. The normalized spacial score (nSPS) is 17.4. The molecule has 9 atom stereocenters. The van der Waals surface area contributed by atoms with E-state index in [0.29, 0.717) is 45.6 Å². The number of carbonyl (C=O) groups is 6. The molecule has 2 unspecified atom stereocenters. The number of hydrogen-bond donors (Lipinski definition) is 1. The Hall–Kier alpha value is -4.20. The summed E-state index contributed by atoms with van der Waals surface area (Å²) < 4.78 is 28.1. The summed E-state index contributed by atoms with van der Waals surface area (Å²) in [4.78, 5) is 87.4. The predicted molar refractivity (Wildman–Crippen MR) is 263 cm³/mol. The number of likely N-dealkylation sites (tertiary alicyclic amines) is 1. The van der Waals surface area contributed by atoms with E-state index in [4.69, 9.17) is 30.1 Å². The molecule has 1 aliphatic heterocycles. The number of methoxy groups -OCH3 is 2. The van der Waals surface area contributed by atoms with Crippen molar-refractivity contribution in [2.24, 2.45) is 35.5 Å². The number of terminal acetylenes is 1. The van der Waals surface area contributed by atoms with Gasteiger partial charge in [-0.25, -0.2) is 0 Å². The van der Waals surface area contributed by atoms with Crippen LogP contribution in [-0.2, 0) is 58.9 Å². The number of likely N-dealkylation sites (N-methyl/N-ethyl adjacent to an activating group) is 2. The number of benzene rings is 1. The lowest BCUT2D eigenvalue weighted by molar-refractivity contribution is -0.149. The van der Waals surface area contributed by atoms with Crippen LogP contribution in [0.4, 0.5) is 0 Å². The Morgan fingerprint density at radius 1 is 0.853 bits per heavy atom. The van der Waals surface area contributed by atoms with Crippen molar-refractivity contribution in [1.82, 2.24) is 20.0 Å². The van der Waals surface area contributed by atoms with Crippen LogP contribution in [0.5, 0.6) is 0 Å². The predicted octanol–water partition coefficient (Wildman–Crippen LogP) is 5.65. The van der Waals surface area contributed by atoms with Crippen molar-refractivity contribution in [2.45, 2.75) is 137 Å². The summed E-state index contributed by atoms with van der Waals surface area (Å²) in [5.41, 5.74) is 0.926. The maximum Gasteiger partial charge on any atom is 0.306 e. The van der Waals surface area contributed by atoms with Crippen LogP contribution in [0, 0.1) is 47.9 Å². The van der Waals surface area contributed by atoms with Gasteiger partial charge in [-0.2, -0.15) is 0 Å². The minimum absolute atomic E-state index is 0.0159. The van der Waals surface area contributed by atoms with Crippen LogP contribution in [0.1, 0.15) is 105 Å². The molecule has 1 aromatic rings. The number of ketones is 2. The van der Waals surface area contributed by atoms with Gasteiger partial charge in [0, 0.05) is 78.0 Å². The van der Waals surface area contributed by atoms with Gasteiger partial charge in [0.1, 0.15) is 5.78 Å². The Labute approximate surface area is 408 Å². The van der Waals surface area contributed by atoms with E-state index in [0.717, 1.165) is 18.4 Å². The molecule has 1 saturated heterocycles. The molecule has 1 heterocycles. The van der Waals surface area contributed by atoms with E-state index in [2.05, 4.69) is 25.1 Å². The zero-order chi connectivity index (χ0) is 50.9. The summed E-state index contributed by atoms with van der Waals surface area (Å²) in [6, 6.07) is 8.43. The maximum atomic E-state index is 14.4. The number of nitrogens with one attached hydrogen (secondary N) is 1. The van der Waals surface area contributed by atoms with Gasteiger partial charge in [0.05, 0.1) is 56.6 Å². The molecule has 0 radical (unpaired) electrons. The Kier molecular flexibility index (Phi) is 28.1. The molecule has 0 aliphatic carbocycles. The van der Waals surface area contributed by atoms with Crippen LogP contribution in [0.15, 0.2) is 30.3 Å². The minimum Gasteiger partial charge on any atom is -0.452 e. The molecule has 0 bridgehead atoms. The van der Waals surface area contributed by atoms with Crippen LogP contribution in [0.3, 0.4) is 0 Å². The fourth-order valence-corrected chi connectivity index (χ4v) is 9.61. The molecule has 1 fully saturated rings. The van der Waals surface area contributed by atoms with Crippen molar-refractivity contribution < 1.29 is 52.5 Å². The van der Waals surface area contributed by atoms with E-state index in [9.17, 15) is 28.8 Å². The van der Waals surface area contributed by atoms with Crippen molar-refractivity contribution in [3.63, 3.8) is 0 Å². The van der Waals surface area contributed by atoms with Crippen LogP contribution in [-0.4, -0.2) is 162 Å². The molecule has 1 N–H and O–H groups in total. The molecule has 1 aromatic carbocycles. The molecule has 3 amide bonds. The summed E-state index contributed by atoms with van der Waals surface area (Å²) in [5, 5.41) is 2.94. The van der Waals surface area contributed by atoms with Gasteiger partial charge in [0.2, 0.25) is 17.7 Å². The lowest BCUT2D eigenvalue weighted by Gasteiger charge is -2.41. The number of ether oxygens (including phenoxy) is 5. The molecular formula is C53H86N4O11. The fourth-order valence-electron chi connectivity index (χ4n) is 9.61. The van der Waals surface area contributed by atoms with Gasteiger partial charge >= 0.3 is 5.97 Å². The first-order chi connectivity index (χ1) is 32.3. The molecule has 1 aliphatic rings. The van der Waals surface area contributed by atoms with Gasteiger partial charge in [0.25, 0.3) is 0 Å². The summed E-state index contributed by atoms with van der Waals surface area (Å²) in [5.74, 6) is -0.611. The largest absolute Gasteiger partial charge is 0.452 e. The standard InChI is InChI=1S/C53H86N4O11/c1-14-27-68-48(61)24-20-28-66-30-31-67-29-25-54-52(62)41(32-40-21-17-16-18-22-40)33-44(58)39(8)51(65-13)43-23-19-26-57(43)47(60)35-46(64-12)50(38(7)15-2)56(11)53(63)42(36(3)4)34-45(59)49(37(5)6)55(9)10/h1,16-18,21-22,36-39,41-43,46,49-51H,15,19-20,23-35H2,2-13H3,(H,54,62)/t38?,39-,41+,42-,43-,46?,49-,50-,51+/m0/s1. The molecule has 2 rings (SSSR count). The quantitative estimate of drug-likeness (QED) is 0.0513. The zero-order valence-electron chi connectivity index (χ0n) is 43.5. The van der Waals surface area contributed by atoms with E-state index in [1.54, 1.807) is 31.1 Å². The third-order valence-electron chi connectivity index (χ3n) is 13.5. The highest BCUT2D eigenvalue weighted by molar-refractivity contribution is 5.90. The molecule has 68 heavy (non-hydrogen) atoms. The second-order valence-electron chi connectivity index (χ2n) is 19.3. The van der Waals surface area contributed by atoms with E-state index in [1.165, 1.54) is 0 Å². The van der Waals surface area contributed by atoms with Gasteiger partial charge in [-0.1, -0.05) is 91.1 Å². The van der Waals surface area contributed by atoms with Crippen molar-refractivity contribution in [3.05, 3.63) is 35.9 Å². The Morgan fingerprint density at radius 3 is 2.09 bits per heavy atom.